The first-order chi connectivity index (χ1) is 22.3. The molecule has 2 N–H and O–H groups in total. The summed E-state index contributed by atoms with van der Waals surface area (Å²) >= 11 is 0. The van der Waals surface area contributed by atoms with E-state index >= 15 is 0 Å². The molecule has 1 unspecified atom stereocenters. The monoisotopic (exact) mass is 657 g/mol. The Balaban J connectivity index is 1.17. The topological polar surface area (TPSA) is 119 Å². The summed E-state index contributed by atoms with van der Waals surface area (Å²) < 4.78 is 10.9. The normalized spacial score (nSPS) is 32.0. The fourth-order valence-corrected chi connectivity index (χ4v) is 10.3. The average molecular weight is 658 g/mol. The molecule has 0 aromatic heterocycles. The number of hydrogen-bond acceptors (Lipinski definition) is 6. The van der Waals surface area contributed by atoms with Crippen molar-refractivity contribution in [3.63, 3.8) is 0 Å². The van der Waals surface area contributed by atoms with Gasteiger partial charge in [0.25, 0.3) is 0 Å². The summed E-state index contributed by atoms with van der Waals surface area (Å²) in [6.07, 6.45) is 17.1. The van der Waals surface area contributed by atoms with Crippen LogP contribution in [-0.2, 0) is 28.7 Å². The minimum absolute atomic E-state index is 0.0377. The number of allylic oxidation sites excluding steroid dienone is 1. The molecule has 0 spiro atoms. The summed E-state index contributed by atoms with van der Waals surface area (Å²) in [4.78, 5) is 46.9. The van der Waals surface area contributed by atoms with E-state index in [1.165, 1.54) is 56.9 Å². The highest BCUT2D eigenvalue weighted by Gasteiger charge is 2.59. The van der Waals surface area contributed by atoms with Crippen LogP contribution in [0.25, 0.3) is 0 Å². The molecule has 266 valence electrons. The van der Waals surface area contributed by atoms with Crippen LogP contribution in [0.5, 0.6) is 0 Å². The van der Waals surface area contributed by atoms with Gasteiger partial charge in [0.2, 0.25) is 5.91 Å². The molecule has 0 aliphatic heterocycles. The Labute approximate surface area is 283 Å². The SMILES string of the molecule is CC(C)CCC[C@@H](C)C1CC[C@H]2[C@@H]3CC=C4C[C@@H](OC(=O)CCCC(=O)NCCOC(=O)CCCC(=O)O)CC[C@]4(C)[C@H]3CC[C@]12C. The molecule has 4 rings (SSSR count). The molecule has 4 aliphatic rings. The predicted octanol–water partition coefficient (Wildman–Crippen LogP) is 8.02. The maximum atomic E-state index is 12.7. The third-order valence-corrected chi connectivity index (χ3v) is 12.8. The first-order valence-corrected chi connectivity index (χ1v) is 18.9. The quantitative estimate of drug-likeness (QED) is 0.0924. The Hall–Kier alpha value is -2.38. The first-order valence-electron chi connectivity index (χ1n) is 18.9. The molecule has 0 radical (unpaired) electrons. The van der Waals surface area contributed by atoms with Crippen LogP contribution < -0.4 is 5.32 Å². The Morgan fingerprint density at radius 3 is 2.38 bits per heavy atom. The fourth-order valence-electron chi connectivity index (χ4n) is 10.3. The highest BCUT2D eigenvalue weighted by molar-refractivity contribution is 5.77. The molecule has 47 heavy (non-hydrogen) atoms. The molecule has 0 bridgehead atoms. The number of ether oxygens (including phenoxy) is 2. The van der Waals surface area contributed by atoms with Crippen LogP contribution >= 0.6 is 0 Å². The lowest BCUT2D eigenvalue weighted by molar-refractivity contribution is -0.152. The minimum atomic E-state index is -0.948. The van der Waals surface area contributed by atoms with E-state index in [1.807, 2.05) is 0 Å². The van der Waals surface area contributed by atoms with Crippen molar-refractivity contribution < 1.29 is 33.8 Å². The molecular formula is C39H63NO7. The molecule has 3 saturated carbocycles. The second kappa shape index (κ2) is 16.8. The number of fused-ring (bicyclic) bond motifs is 5. The molecule has 0 heterocycles. The van der Waals surface area contributed by atoms with Gasteiger partial charge in [-0.25, -0.2) is 0 Å². The molecule has 8 nitrogen and oxygen atoms in total. The number of carbonyl (C=O) groups excluding carboxylic acids is 3. The van der Waals surface area contributed by atoms with Crippen LogP contribution in [0, 0.1) is 46.3 Å². The number of aliphatic carboxylic acids is 1. The standard InChI is InChI=1S/C39H63NO7/c1-26(2)9-6-10-27(3)31-17-18-32-30-16-15-28-25-29(19-21-38(28,4)33(30)20-22-39(31,32)5)47-37(45)14-7-11-34(41)40-23-24-46-36(44)13-8-12-35(42)43/h15,26-27,29-33H,6-14,16-25H2,1-5H3,(H,40,41)(H,42,43)/t27-,29+,30+,31?,32+,33+,38+,39-/m1/s1. The Morgan fingerprint density at radius 1 is 0.894 bits per heavy atom. The van der Waals surface area contributed by atoms with E-state index in [9.17, 15) is 19.2 Å². The number of carboxylic acids is 1. The molecule has 0 aromatic rings. The van der Waals surface area contributed by atoms with Gasteiger partial charge in [0.1, 0.15) is 12.7 Å². The van der Waals surface area contributed by atoms with E-state index in [-0.39, 0.29) is 68.7 Å². The highest BCUT2D eigenvalue weighted by atomic mass is 16.5. The summed E-state index contributed by atoms with van der Waals surface area (Å²) in [5.41, 5.74) is 2.23. The van der Waals surface area contributed by atoms with Crippen molar-refractivity contribution in [2.75, 3.05) is 13.2 Å². The fraction of sp³-hybridized carbons (Fsp3) is 0.846. The van der Waals surface area contributed by atoms with Crippen molar-refractivity contribution >= 4 is 23.8 Å². The molecule has 4 aliphatic carbocycles. The maximum absolute atomic E-state index is 12.7. The summed E-state index contributed by atoms with van der Waals surface area (Å²) in [5, 5.41) is 11.3. The number of rotatable bonds is 17. The zero-order chi connectivity index (χ0) is 34.2. The lowest BCUT2D eigenvalue weighted by Gasteiger charge is -2.58. The molecule has 1 amide bonds. The van der Waals surface area contributed by atoms with Crippen LogP contribution in [0.15, 0.2) is 11.6 Å². The van der Waals surface area contributed by atoms with Crippen molar-refractivity contribution in [1.29, 1.82) is 0 Å². The van der Waals surface area contributed by atoms with Crippen LogP contribution in [0.2, 0.25) is 0 Å². The van der Waals surface area contributed by atoms with Gasteiger partial charge in [-0.05, 0) is 104 Å². The van der Waals surface area contributed by atoms with Crippen molar-refractivity contribution in [2.45, 2.75) is 150 Å². The minimum Gasteiger partial charge on any atom is -0.481 e. The Bertz CT molecular complexity index is 1130. The van der Waals surface area contributed by atoms with E-state index < -0.39 is 11.9 Å². The van der Waals surface area contributed by atoms with Gasteiger partial charge in [0.15, 0.2) is 0 Å². The summed E-state index contributed by atoms with van der Waals surface area (Å²) in [6, 6.07) is 0. The van der Waals surface area contributed by atoms with Crippen molar-refractivity contribution in [3.8, 4) is 0 Å². The van der Waals surface area contributed by atoms with Gasteiger partial charge in [0.05, 0.1) is 6.54 Å². The number of carboxylic acid groups (broad SMARTS) is 1. The van der Waals surface area contributed by atoms with Gasteiger partial charge in [-0.1, -0.05) is 65.5 Å². The Kier molecular flexibility index (Phi) is 13.4. The number of carbonyl (C=O) groups is 4. The number of nitrogens with one attached hydrogen (secondary N) is 1. The van der Waals surface area contributed by atoms with Gasteiger partial charge in [-0.3, -0.25) is 19.2 Å². The molecular weight excluding hydrogens is 594 g/mol. The lowest BCUT2D eigenvalue weighted by Crippen LogP contribution is -2.51. The summed E-state index contributed by atoms with van der Waals surface area (Å²) in [7, 11) is 0. The molecule has 0 saturated heterocycles. The largest absolute Gasteiger partial charge is 0.481 e. The van der Waals surface area contributed by atoms with Crippen molar-refractivity contribution in [1.82, 2.24) is 5.32 Å². The second-order valence-corrected chi connectivity index (χ2v) is 16.3. The zero-order valence-electron chi connectivity index (χ0n) is 30.0. The van der Waals surface area contributed by atoms with Gasteiger partial charge in [0, 0.05) is 32.1 Å². The van der Waals surface area contributed by atoms with Crippen LogP contribution in [0.3, 0.4) is 0 Å². The summed E-state index contributed by atoms with van der Waals surface area (Å²) in [5.74, 6) is 3.01. The zero-order valence-corrected chi connectivity index (χ0v) is 30.0. The van der Waals surface area contributed by atoms with Gasteiger partial charge < -0.3 is 19.9 Å². The Morgan fingerprint density at radius 2 is 1.64 bits per heavy atom. The number of amides is 1. The average Bonchev–Trinajstić information content (AvgIpc) is 3.36. The van der Waals surface area contributed by atoms with Crippen molar-refractivity contribution in [2.24, 2.45) is 46.3 Å². The molecule has 8 heteroatoms. The van der Waals surface area contributed by atoms with Crippen molar-refractivity contribution in [3.05, 3.63) is 11.6 Å². The predicted molar refractivity (Wildman–Crippen MR) is 182 cm³/mol. The first kappa shape index (κ1) is 37.4. The van der Waals surface area contributed by atoms with Crippen LogP contribution in [0.1, 0.15) is 144 Å². The van der Waals surface area contributed by atoms with Gasteiger partial charge in [-0.2, -0.15) is 0 Å². The molecule has 3 fully saturated rings. The lowest BCUT2D eigenvalue weighted by atomic mass is 9.47. The highest BCUT2D eigenvalue weighted by Crippen LogP contribution is 2.67. The van der Waals surface area contributed by atoms with Crippen LogP contribution in [0.4, 0.5) is 0 Å². The van der Waals surface area contributed by atoms with E-state index in [4.69, 9.17) is 14.6 Å². The van der Waals surface area contributed by atoms with E-state index in [0.717, 1.165) is 54.8 Å². The smallest absolute Gasteiger partial charge is 0.306 e. The molecule has 8 atom stereocenters. The van der Waals surface area contributed by atoms with Gasteiger partial charge in [-0.15, -0.1) is 0 Å². The van der Waals surface area contributed by atoms with E-state index in [2.05, 4.69) is 46.0 Å². The third kappa shape index (κ3) is 9.62. The maximum Gasteiger partial charge on any atom is 0.306 e. The number of hydrogen-bond donors (Lipinski definition) is 2. The van der Waals surface area contributed by atoms with E-state index in [1.54, 1.807) is 0 Å². The van der Waals surface area contributed by atoms with Gasteiger partial charge >= 0.3 is 17.9 Å². The molecule has 0 aromatic carbocycles. The van der Waals surface area contributed by atoms with E-state index in [0.29, 0.717) is 11.8 Å². The second-order valence-electron chi connectivity index (χ2n) is 16.3. The van der Waals surface area contributed by atoms with Crippen LogP contribution in [-0.4, -0.2) is 48.2 Å². The third-order valence-electron chi connectivity index (χ3n) is 12.8. The summed E-state index contributed by atoms with van der Waals surface area (Å²) in [6.45, 7) is 12.6. The number of esters is 2.